The van der Waals surface area contributed by atoms with E-state index in [4.69, 9.17) is 32.7 Å². The van der Waals surface area contributed by atoms with Crippen molar-refractivity contribution in [1.82, 2.24) is 24.5 Å². The fourth-order valence-electron chi connectivity index (χ4n) is 2.72. The van der Waals surface area contributed by atoms with E-state index < -0.39 is 0 Å². The number of hydrogen-bond acceptors (Lipinski definition) is 6. The summed E-state index contributed by atoms with van der Waals surface area (Å²) < 4.78 is 14.9. The predicted octanol–water partition coefficient (Wildman–Crippen LogP) is 4.81. The summed E-state index contributed by atoms with van der Waals surface area (Å²) >= 11 is 13.7. The molecule has 29 heavy (non-hydrogen) atoms. The van der Waals surface area contributed by atoms with Crippen LogP contribution in [0.2, 0.25) is 10.0 Å². The minimum atomic E-state index is 0.527. The number of rotatable bonds is 10. The van der Waals surface area contributed by atoms with Crippen molar-refractivity contribution in [3.8, 4) is 17.3 Å². The molecule has 0 unspecified atom stereocenters. The first-order valence-corrected chi connectivity index (χ1v) is 11.0. The van der Waals surface area contributed by atoms with E-state index in [0.29, 0.717) is 47.3 Å². The van der Waals surface area contributed by atoms with Crippen LogP contribution >= 0.6 is 35.0 Å². The van der Waals surface area contributed by atoms with Crippen molar-refractivity contribution in [2.75, 3.05) is 20.3 Å². The molecule has 0 amide bonds. The lowest BCUT2D eigenvalue weighted by Gasteiger charge is -2.10. The third kappa shape index (κ3) is 5.25. The van der Waals surface area contributed by atoms with Crippen molar-refractivity contribution < 1.29 is 9.47 Å². The smallest absolute Gasteiger partial charge is 0.243 e. The van der Waals surface area contributed by atoms with Gasteiger partial charge in [-0.25, -0.2) is 0 Å². The molecule has 0 aliphatic rings. The monoisotopic (exact) mass is 455 g/mol. The first-order valence-electron chi connectivity index (χ1n) is 9.26. The van der Waals surface area contributed by atoms with Gasteiger partial charge in [0.1, 0.15) is 5.56 Å². The van der Waals surface area contributed by atoms with E-state index >= 15 is 0 Å². The second kappa shape index (κ2) is 10.3. The van der Waals surface area contributed by atoms with Gasteiger partial charge in [-0.15, -0.1) is 15.3 Å². The molecule has 1 aromatic carbocycles. The van der Waals surface area contributed by atoms with Gasteiger partial charge in [-0.05, 0) is 31.5 Å². The van der Waals surface area contributed by atoms with E-state index in [1.807, 2.05) is 41.4 Å². The molecule has 0 radical (unpaired) electrons. The van der Waals surface area contributed by atoms with Crippen LogP contribution in [0.1, 0.15) is 19.4 Å². The molecule has 10 heteroatoms. The van der Waals surface area contributed by atoms with E-state index in [1.54, 1.807) is 24.9 Å². The van der Waals surface area contributed by atoms with Crippen LogP contribution < -0.4 is 4.74 Å². The number of nitrogens with zero attached hydrogens (tertiary/aromatic N) is 5. The van der Waals surface area contributed by atoms with E-state index in [9.17, 15) is 0 Å². The molecule has 2 heterocycles. The molecular weight excluding hydrogens is 433 g/mol. The quantitative estimate of drug-likeness (QED) is 0.408. The first kappa shape index (κ1) is 22.0. The zero-order valence-electron chi connectivity index (χ0n) is 16.6. The summed E-state index contributed by atoms with van der Waals surface area (Å²) in [5.41, 5.74) is 1.87. The van der Waals surface area contributed by atoms with Crippen molar-refractivity contribution in [1.29, 1.82) is 0 Å². The summed E-state index contributed by atoms with van der Waals surface area (Å²) in [6.45, 7) is 6.39. The van der Waals surface area contributed by atoms with Gasteiger partial charge in [0.15, 0.2) is 11.0 Å². The zero-order chi connectivity index (χ0) is 20.8. The number of benzene rings is 1. The van der Waals surface area contributed by atoms with Crippen molar-refractivity contribution >= 4 is 35.0 Å². The van der Waals surface area contributed by atoms with Gasteiger partial charge in [0.25, 0.3) is 0 Å². The van der Waals surface area contributed by atoms with Crippen molar-refractivity contribution in [2.24, 2.45) is 0 Å². The maximum atomic E-state index is 6.13. The molecule has 0 spiro atoms. The Morgan fingerprint density at radius 2 is 1.97 bits per heavy atom. The molecule has 0 aliphatic heterocycles. The Morgan fingerprint density at radius 3 is 2.66 bits per heavy atom. The summed E-state index contributed by atoms with van der Waals surface area (Å²) in [4.78, 5) is 0. The normalized spacial score (nSPS) is 11.2. The minimum Gasteiger partial charge on any atom is -0.476 e. The molecule has 0 N–H and O–H groups in total. The van der Waals surface area contributed by atoms with Crippen LogP contribution in [-0.4, -0.2) is 44.9 Å². The van der Waals surface area contributed by atoms with Gasteiger partial charge in [-0.2, -0.15) is 0 Å². The highest BCUT2D eigenvalue weighted by Crippen LogP contribution is 2.32. The third-order valence-electron chi connectivity index (χ3n) is 4.16. The summed E-state index contributed by atoms with van der Waals surface area (Å²) in [5.74, 6) is 1.96. The molecule has 0 atom stereocenters. The Labute approximate surface area is 184 Å². The highest BCUT2D eigenvalue weighted by Gasteiger charge is 2.21. The van der Waals surface area contributed by atoms with Gasteiger partial charge in [0.05, 0.1) is 29.8 Å². The number of methoxy groups -OCH3 is 1. The number of ether oxygens (including phenoxy) is 2. The van der Waals surface area contributed by atoms with Crippen LogP contribution in [0.4, 0.5) is 0 Å². The van der Waals surface area contributed by atoms with Crippen LogP contribution in [0.15, 0.2) is 29.6 Å². The maximum Gasteiger partial charge on any atom is 0.243 e. The molecule has 3 rings (SSSR count). The molecule has 0 saturated carbocycles. The van der Waals surface area contributed by atoms with Crippen molar-refractivity contribution in [2.45, 2.75) is 37.8 Å². The lowest BCUT2D eigenvalue weighted by Crippen LogP contribution is -2.08. The van der Waals surface area contributed by atoms with Gasteiger partial charge in [0, 0.05) is 25.6 Å². The number of halogens is 2. The van der Waals surface area contributed by atoms with Crippen LogP contribution in [0.5, 0.6) is 5.88 Å². The van der Waals surface area contributed by atoms with Crippen molar-refractivity contribution in [3.05, 3.63) is 40.0 Å². The molecule has 156 valence electrons. The van der Waals surface area contributed by atoms with Crippen LogP contribution in [-0.2, 0) is 23.6 Å². The van der Waals surface area contributed by atoms with Crippen molar-refractivity contribution in [3.63, 3.8) is 0 Å². The average molecular weight is 456 g/mol. The van der Waals surface area contributed by atoms with Crippen LogP contribution in [0, 0.1) is 0 Å². The fourth-order valence-corrected chi connectivity index (χ4v) is 3.95. The first-order chi connectivity index (χ1) is 14.1. The molecule has 0 saturated heterocycles. The van der Waals surface area contributed by atoms with Crippen LogP contribution in [0.3, 0.4) is 0 Å². The Balaban J connectivity index is 1.90. The molecule has 0 fully saturated rings. The fraction of sp³-hybridized carbons (Fsp3) is 0.421. The zero-order valence-corrected chi connectivity index (χ0v) is 18.9. The summed E-state index contributed by atoms with van der Waals surface area (Å²) in [7, 11) is 1.67. The lowest BCUT2D eigenvalue weighted by atomic mass is 10.2. The molecular formula is C19H23Cl2N5O2S. The Bertz CT molecular complexity index is 960. The summed E-state index contributed by atoms with van der Waals surface area (Å²) in [5, 5.41) is 15.2. The third-order valence-corrected chi connectivity index (χ3v) is 5.94. The standard InChI is InChI=1S/C19H23Cl2N5O2S/c1-4-25-11-14(18(24-25)28-5-2)17-22-23-19(26(17)8-9-27-3)29-12-13-6-7-15(20)16(21)10-13/h6-7,10-11H,4-5,8-9,12H2,1-3H3. The Hall–Kier alpha value is -1.74. The Morgan fingerprint density at radius 1 is 1.14 bits per heavy atom. The lowest BCUT2D eigenvalue weighted by molar-refractivity contribution is 0.185. The molecule has 2 aromatic heterocycles. The molecule has 3 aromatic rings. The van der Waals surface area contributed by atoms with Crippen LogP contribution in [0.25, 0.3) is 11.4 Å². The molecule has 0 bridgehead atoms. The van der Waals surface area contributed by atoms with E-state index in [-0.39, 0.29) is 0 Å². The predicted molar refractivity (Wildman–Crippen MR) is 116 cm³/mol. The van der Waals surface area contributed by atoms with E-state index in [1.165, 1.54) is 0 Å². The molecule has 0 aliphatic carbocycles. The summed E-state index contributed by atoms with van der Waals surface area (Å²) in [6, 6.07) is 5.62. The highest BCUT2D eigenvalue weighted by atomic mass is 35.5. The van der Waals surface area contributed by atoms with Gasteiger partial charge >= 0.3 is 0 Å². The second-order valence-corrected chi connectivity index (χ2v) is 7.88. The maximum absolute atomic E-state index is 6.13. The highest BCUT2D eigenvalue weighted by molar-refractivity contribution is 7.98. The van der Waals surface area contributed by atoms with Gasteiger partial charge in [-0.1, -0.05) is 41.0 Å². The van der Waals surface area contributed by atoms with Gasteiger partial charge < -0.3 is 9.47 Å². The average Bonchev–Trinajstić information content (AvgIpc) is 3.31. The van der Waals surface area contributed by atoms with E-state index in [0.717, 1.165) is 22.8 Å². The number of aryl methyl sites for hydroxylation is 1. The van der Waals surface area contributed by atoms with E-state index in [2.05, 4.69) is 15.3 Å². The number of thioether (sulfide) groups is 1. The van der Waals surface area contributed by atoms with Gasteiger partial charge in [-0.3, -0.25) is 9.25 Å². The molecule has 7 nitrogen and oxygen atoms in total. The SMILES string of the molecule is CCOc1nn(CC)cc1-c1nnc(SCc2ccc(Cl)c(Cl)c2)n1CCOC. The second-order valence-electron chi connectivity index (χ2n) is 6.12. The number of aromatic nitrogens is 5. The topological polar surface area (TPSA) is 67.0 Å². The summed E-state index contributed by atoms with van der Waals surface area (Å²) in [6.07, 6.45) is 1.94. The largest absolute Gasteiger partial charge is 0.476 e. The minimum absolute atomic E-state index is 0.527. The van der Waals surface area contributed by atoms with Gasteiger partial charge in [0.2, 0.25) is 5.88 Å². The number of hydrogen-bond donors (Lipinski definition) is 0. The Kier molecular flexibility index (Phi) is 7.83.